The van der Waals surface area contributed by atoms with Crippen molar-refractivity contribution in [2.24, 2.45) is 0 Å². The molecule has 0 spiro atoms. The molecule has 3 rings (SSSR count). The first-order valence-corrected chi connectivity index (χ1v) is 11.0. The van der Waals surface area contributed by atoms with Gasteiger partial charge in [-0.2, -0.15) is 4.31 Å². The van der Waals surface area contributed by atoms with Crippen molar-refractivity contribution in [2.45, 2.75) is 30.6 Å². The highest BCUT2D eigenvalue weighted by molar-refractivity contribution is 7.89. The van der Waals surface area contributed by atoms with Gasteiger partial charge in [-0.05, 0) is 37.1 Å². The second-order valence-corrected chi connectivity index (χ2v) is 9.07. The maximum Gasteiger partial charge on any atom is 0.270 e. The molecule has 8 nitrogen and oxygen atoms in total. The SMILES string of the molecule is O=C(Nc1cccc(S(=O)(=O)N2CCCCCC2)c1)c1ccc([N+](=O)[O-])cc1Cl. The van der Waals surface area contributed by atoms with Gasteiger partial charge in [-0.1, -0.05) is 30.5 Å². The van der Waals surface area contributed by atoms with Gasteiger partial charge in [0.15, 0.2) is 0 Å². The molecular weight excluding hydrogens is 418 g/mol. The van der Waals surface area contributed by atoms with E-state index >= 15 is 0 Å². The molecule has 0 atom stereocenters. The van der Waals surface area contributed by atoms with Gasteiger partial charge in [0.1, 0.15) is 0 Å². The minimum Gasteiger partial charge on any atom is -0.322 e. The zero-order valence-corrected chi connectivity index (χ0v) is 17.1. The summed E-state index contributed by atoms with van der Waals surface area (Å²) < 4.78 is 27.3. The van der Waals surface area contributed by atoms with Crippen molar-refractivity contribution in [1.82, 2.24) is 4.31 Å². The summed E-state index contributed by atoms with van der Waals surface area (Å²) in [6, 6.07) is 9.55. The maximum absolute atomic E-state index is 12.9. The molecule has 1 fully saturated rings. The Hall–Kier alpha value is -2.49. The van der Waals surface area contributed by atoms with Gasteiger partial charge < -0.3 is 5.32 Å². The lowest BCUT2D eigenvalue weighted by Crippen LogP contribution is -2.32. The molecule has 1 aliphatic rings. The number of nitrogens with zero attached hydrogens (tertiary/aromatic N) is 2. The number of amides is 1. The maximum atomic E-state index is 12.9. The largest absolute Gasteiger partial charge is 0.322 e. The lowest BCUT2D eigenvalue weighted by Gasteiger charge is -2.20. The minimum atomic E-state index is -3.65. The van der Waals surface area contributed by atoms with Crippen LogP contribution in [-0.4, -0.2) is 36.6 Å². The van der Waals surface area contributed by atoms with E-state index < -0.39 is 20.9 Å². The highest BCUT2D eigenvalue weighted by Gasteiger charge is 2.25. The second kappa shape index (κ2) is 8.89. The highest BCUT2D eigenvalue weighted by atomic mass is 35.5. The van der Waals surface area contributed by atoms with Gasteiger partial charge in [0.25, 0.3) is 11.6 Å². The fourth-order valence-corrected chi connectivity index (χ4v) is 4.99. The van der Waals surface area contributed by atoms with Crippen LogP contribution in [0.15, 0.2) is 47.4 Å². The average Bonchev–Trinajstić information content (AvgIpc) is 2.98. The highest BCUT2D eigenvalue weighted by Crippen LogP contribution is 2.25. The van der Waals surface area contributed by atoms with Gasteiger partial charge in [0.2, 0.25) is 10.0 Å². The van der Waals surface area contributed by atoms with Gasteiger partial charge >= 0.3 is 0 Å². The number of carbonyl (C=O) groups excluding carboxylic acids is 1. The topological polar surface area (TPSA) is 110 Å². The van der Waals surface area contributed by atoms with Crippen molar-refractivity contribution in [2.75, 3.05) is 18.4 Å². The Labute approximate surface area is 173 Å². The summed E-state index contributed by atoms with van der Waals surface area (Å²) in [5, 5.41) is 13.3. The number of rotatable bonds is 5. The molecule has 0 bridgehead atoms. The molecule has 1 N–H and O–H groups in total. The lowest BCUT2D eigenvalue weighted by atomic mass is 10.2. The van der Waals surface area contributed by atoms with Crippen molar-refractivity contribution in [3.63, 3.8) is 0 Å². The van der Waals surface area contributed by atoms with E-state index in [0.717, 1.165) is 31.7 Å². The van der Waals surface area contributed by atoms with Gasteiger partial charge in [0, 0.05) is 30.9 Å². The predicted molar refractivity (Wildman–Crippen MR) is 110 cm³/mol. The Kier molecular flexibility index (Phi) is 6.51. The van der Waals surface area contributed by atoms with Crippen LogP contribution in [0.4, 0.5) is 11.4 Å². The van der Waals surface area contributed by atoms with Crippen molar-refractivity contribution in [3.8, 4) is 0 Å². The number of hydrogen-bond donors (Lipinski definition) is 1. The van der Waals surface area contributed by atoms with Gasteiger partial charge in [0.05, 0.1) is 20.4 Å². The third-order valence-electron chi connectivity index (χ3n) is 4.70. The standard InChI is InChI=1S/C19H20ClN3O5S/c20-18-13-15(23(25)26)8-9-17(18)19(24)21-14-6-5-7-16(12-14)29(27,28)22-10-3-1-2-4-11-22/h5-9,12-13H,1-4,10-11H2,(H,21,24). The van der Waals surface area contributed by atoms with Crippen molar-refractivity contribution in [1.29, 1.82) is 0 Å². The molecule has 154 valence electrons. The number of non-ortho nitro benzene ring substituents is 1. The third-order valence-corrected chi connectivity index (χ3v) is 6.91. The van der Waals surface area contributed by atoms with Crippen LogP contribution in [0.5, 0.6) is 0 Å². The molecule has 0 unspecified atom stereocenters. The molecule has 0 aromatic heterocycles. The van der Waals surface area contributed by atoms with E-state index in [0.29, 0.717) is 18.8 Å². The Morgan fingerprint density at radius 2 is 1.76 bits per heavy atom. The summed E-state index contributed by atoms with van der Waals surface area (Å²) >= 11 is 5.99. The molecule has 2 aromatic carbocycles. The average molecular weight is 438 g/mol. The summed E-state index contributed by atoms with van der Waals surface area (Å²) in [5.74, 6) is -0.589. The van der Waals surface area contributed by atoms with Gasteiger partial charge in [-0.15, -0.1) is 0 Å². The molecule has 0 aliphatic carbocycles. The summed E-state index contributed by atoms with van der Waals surface area (Å²) in [6.07, 6.45) is 3.68. The van der Waals surface area contributed by atoms with Crippen LogP contribution in [0, 0.1) is 10.1 Å². The van der Waals surface area contributed by atoms with E-state index in [4.69, 9.17) is 11.6 Å². The summed E-state index contributed by atoms with van der Waals surface area (Å²) in [6.45, 7) is 0.967. The Morgan fingerprint density at radius 3 is 2.38 bits per heavy atom. The number of anilines is 1. The summed E-state index contributed by atoms with van der Waals surface area (Å²) in [5.41, 5.74) is 0.121. The monoisotopic (exact) mass is 437 g/mol. The van der Waals surface area contributed by atoms with Crippen molar-refractivity contribution < 1.29 is 18.1 Å². The van der Waals surface area contributed by atoms with E-state index in [1.54, 1.807) is 12.1 Å². The normalized spacial score (nSPS) is 15.5. The molecule has 1 amide bonds. The third kappa shape index (κ3) is 4.92. The summed E-state index contributed by atoms with van der Waals surface area (Å²) in [7, 11) is -3.65. The molecule has 29 heavy (non-hydrogen) atoms. The van der Waals surface area contributed by atoms with E-state index in [9.17, 15) is 23.3 Å². The first-order chi connectivity index (χ1) is 13.8. The Bertz CT molecular complexity index is 1030. The molecule has 1 heterocycles. The fraction of sp³-hybridized carbons (Fsp3) is 0.316. The molecule has 10 heteroatoms. The molecule has 1 saturated heterocycles. The van der Waals surface area contributed by atoms with Gasteiger partial charge in [-0.25, -0.2) is 8.42 Å². The van der Waals surface area contributed by atoms with E-state index in [2.05, 4.69) is 5.32 Å². The van der Waals surface area contributed by atoms with Crippen molar-refractivity contribution in [3.05, 3.63) is 63.2 Å². The van der Waals surface area contributed by atoms with E-state index in [1.165, 1.54) is 28.6 Å². The molecule has 1 aliphatic heterocycles. The number of halogens is 1. The lowest BCUT2D eigenvalue weighted by molar-refractivity contribution is -0.384. The van der Waals surface area contributed by atoms with Crippen LogP contribution in [0.2, 0.25) is 5.02 Å². The Balaban J connectivity index is 1.81. The van der Waals surface area contributed by atoms with Crippen LogP contribution in [-0.2, 0) is 10.0 Å². The Morgan fingerprint density at radius 1 is 1.07 bits per heavy atom. The van der Waals surface area contributed by atoms with Crippen LogP contribution < -0.4 is 5.32 Å². The quantitative estimate of drug-likeness (QED) is 0.560. The molecule has 0 saturated carbocycles. The fourth-order valence-electron chi connectivity index (χ4n) is 3.17. The number of nitro benzene ring substituents is 1. The smallest absolute Gasteiger partial charge is 0.270 e. The number of carbonyl (C=O) groups is 1. The molecule has 2 aromatic rings. The zero-order valence-electron chi connectivity index (χ0n) is 15.5. The minimum absolute atomic E-state index is 0.0537. The zero-order chi connectivity index (χ0) is 21.0. The van der Waals surface area contributed by atoms with Crippen molar-refractivity contribution >= 4 is 38.9 Å². The summed E-state index contributed by atoms with van der Waals surface area (Å²) in [4.78, 5) is 22.8. The number of sulfonamides is 1. The van der Waals surface area contributed by atoms with Gasteiger partial charge in [-0.3, -0.25) is 14.9 Å². The number of hydrogen-bond acceptors (Lipinski definition) is 5. The second-order valence-electron chi connectivity index (χ2n) is 6.72. The number of benzene rings is 2. The predicted octanol–water partition coefficient (Wildman–Crippen LogP) is 4.07. The van der Waals surface area contributed by atoms with Crippen LogP contribution in [0.25, 0.3) is 0 Å². The first kappa shape index (κ1) is 21.2. The van der Waals surface area contributed by atoms with E-state index in [1.807, 2.05) is 0 Å². The first-order valence-electron chi connectivity index (χ1n) is 9.14. The number of nitro groups is 1. The molecule has 0 radical (unpaired) electrons. The van der Waals surface area contributed by atoms with Crippen LogP contribution >= 0.6 is 11.6 Å². The number of nitrogens with one attached hydrogen (secondary N) is 1. The van der Waals surface area contributed by atoms with Crippen LogP contribution in [0.3, 0.4) is 0 Å². The van der Waals surface area contributed by atoms with E-state index in [-0.39, 0.29) is 21.2 Å². The molecular formula is C19H20ClN3O5S. The van der Waals surface area contributed by atoms with Crippen LogP contribution in [0.1, 0.15) is 36.0 Å².